The quantitative estimate of drug-likeness (QED) is 0.229. The van der Waals surface area contributed by atoms with Crippen molar-refractivity contribution in [1.29, 1.82) is 0 Å². The monoisotopic (exact) mass is 465 g/mol. The van der Waals surface area contributed by atoms with Crippen LogP contribution in [0.4, 0.5) is 0 Å². The molecule has 7 heteroatoms. The standard InChI is InChI=1S/C27H31NO6/c1-5-13-33-21-9-7-8-19(17-21)24-23(26(30)27(31)28(24)12-15-32-4)25(29)20-10-11-22(18(3)16-20)34-14-6-2/h5,7-11,16-17,24,29H,1,6,12-15H2,2-4H3/b25-23+. The van der Waals surface area contributed by atoms with Gasteiger partial charge in [-0.15, -0.1) is 0 Å². The highest BCUT2D eigenvalue weighted by atomic mass is 16.5. The van der Waals surface area contributed by atoms with Crippen LogP contribution in [0.5, 0.6) is 11.5 Å². The Kier molecular flexibility index (Phi) is 8.49. The molecule has 1 amide bonds. The van der Waals surface area contributed by atoms with E-state index in [4.69, 9.17) is 14.2 Å². The van der Waals surface area contributed by atoms with Gasteiger partial charge in [0.2, 0.25) is 0 Å². The van der Waals surface area contributed by atoms with Crippen molar-refractivity contribution < 1.29 is 28.9 Å². The number of Topliss-reactive ketones (excluding diaryl/α,β-unsaturated/α-hetero) is 1. The minimum atomic E-state index is -0.779. The van der Waals surface area contributed by atoms with Crippen molar-refractivity contribution in [3.05, 3.63) is 77.4 Å². The Morgan fingerprint density at radius 2 is 1.94 bits per heavy atom. The SMILES string of the molecule is C=CCOc1cccc(C2/C(=C(\O)c3ccc(OCCC)c(C)c3)C(=O)C(=O)N2CCOC)c1. The first kappa shape index (κ1) is 25.1. The third kappa shape index (κ3) is 5.31. The molecule has 0 bridgehead atoms. The number of hydrogen-bond acceptors (Lipinski definition) is 6. The van der Waals surface area contributed by atoms with Crippen molar-refractivity contribution in [1.82, 2.24) is 4.90 Å². The molecule has 0 saturated carbocycles. The highest BCUT2D eigenvalue weighted by Gasteiger charge is 2.46. The van der Waals surface area contributed by atoms with Crippen LogP contribution in [0.3, 0.4) is 0 Å². The van der Waals surface area contributed by atoms with Gasteiger partial charge >= 0.3 is 0 Å². The molecule has 2 aromatic rings. The zero-order valence-corrected chi connectivity index (χ0v) is 19.9. The molecular formula is C27H31NO6. The number of benzene rings is 2. The lowest BCUT2D eigenvalue weighted by Crippen LogP contribution is -2.32. The first-order valence-electron chi connectivity index (χ1n) is 11.3. The average Bonchev–Trinajstić information content (AvgIpc) is 3.10. The van der Waals surface area contributed by atoms with Gasteiger partial charge in [0.05, 0.1) is 24.8 Å². The summed E-state index contributed by atoms with van der Waals surface area (Å²) in [6, 6.07) is 11.6. The van der Waals surface area contributed by atoms with Gasteiger partial charge < -0.3 is 24.2 Å². The number of methoxy groups -OCH3 is 1. The van der Waals surface area contributed by atoms with Crippen LogP contribution in [0.25, 0.3) is 5.76 Å². The van der Waals surface area contributed by atoms with Crippen LogP contribution < -0.4 is 9.47 Å². The van der Waals surface area contributed by atoms with E-state index < -0.39 is 17.7 Å². The predicted octanol–water partition coefficient (Wildman–Crippen LogP) is 4.42. The predicted molar refractivity (Wildman–Crippen MR) is 130 cm³/mol. The van der Waals surface area contributed by atoms with Crippen LogP contribution in [0, 0.1) is 6.92 Å². The highest BCUT2D eigenvalue weighted by molar-refractivity contribution is 6.46. The van der Waals surface area contributed by atoms with Gasteiger partial charge in [-0.05, 0) is 54.8 Å². The van der Waals surface area contributed by atoms with Gasteiger partial charge in [0.15, 0.2) is 0 Å². The number of amides is 1. The van der Waals surface area contributed by atoms with Crippen molar-refractivity contribution >= 4 is 17.4 Å². The van der Waals surface area contributed by atoms with Crippen LogP contribution in [0.2, 0.25) is 0 Å². The third-order valence-corrected chi connectivity index (χ3v) is 5.53. The zero-order valence-electron chi connectivity index (χ0n) is 19.9. The molecule has 1 aliphatic heterocycles. The van der Waals surface area contributed by atoms with Crippen LogP contribution >= 0.6 is 0 Å². The van der Waals surface area contributed by atoms with Crippen LogP contribution in [-0.2, 0) is 14.3 Å². The van der Waals surface area contributed by atoms with Gasteiger partial charge in [-0.3, -0.25) is 9.59 Å². The van der Waals surface area contributed by atoms with Crippen molar-refractivity contribution in [3.8, 4) is 11.5 Å². The average molecular weight is 466 g/mol. The minimum absolute atomic E-state index is 0.0311. The number of carbonyl (C=O) groups is 2. The third-order valence-electron chi connectivity index (χ3n) is 5.53. The summed E-state index contributed by atoms with van der Waals surface area (Å²) >= 11 is 0. The molecule has 0 spiro atoms. The number of aliphatic hydroxyl groups excluding tert-OH is 1. The number of nitrogens with zero attached hydrogens (tertiary/aromatic N) is 1. The maximum Gasteiger partial charge on any atom is 0.295 e. The smallest absolute Gasteiger partial charge is 0.295 e. The van der Waals surface area contributed by atoms with Crippen LogP contribution in [0.15, 0.2) is 60.7 Å². The maximum atomic E-state index is 13.1. The maximum absolute atomic E-state index is 13.1. The van der Waals surface area contributed by atoms with E-state index in [1.54, 1.807) is 48.5 Å². The summed E-state index contributed by atoms with van der Waals surface area (Å²) in [4.78, 5) is 27.5. The summed E-state index contributed by atoms with van der Waals surface area (Å²) in [6.07, 6.45) is 2.51. The van der Waals surface area contributed by atoms with E-state index in [0.717, 1.165) is 12.0 Å². The topological polar surface area (TPSA) is 85.3 Å². The fraction of sp³-hybridized carbons (Fsp3) is 0.333. The lowest BCUT2D eigenvalue weighted by molar-refractivity contribution is -0.140. The van der Waals surface area contributed by atoms with E-state index in [1.807, 2.05) is 13.8 Å². The van der Waals surface area contributed by atoms with Crippen molar-refractivity contribution in [2.75, 3.05) is 33.5 Å². The second-order valence-corrected chi connectivity index (χ2v) is 7.99. The van der Waals surface area contributed by atoms with E-state index in [2.05, 4.69) is 6.58 Å². The summed E-state index contributed by atoms with van der Waals surface area (Å²) in [5.41, 5.74) is 1.94. The number of ketones is 1. The van der Waals surface area contributed by atoms with Gasteiger partial charge in [-0.2, -0.15) is 0 Å². The molecule has 1 heterocycles. The van der Waals surface area contributed by atoms with Gasteiger partial charge in [0.25, 0.3) is 11.7 Å². The fourth-order valence-corrected chi connectivity index (χ4v) is 3.90. The molecule has 34 heavy (non-hydrogen) atoms. The summed E-state index contributed by atoms with van der Waals surface area (Å²) in [5, 5.41) is 11.2. The van der Waals surface area contributed by atoms with E-state index >= 15 is 0 Å². The normalized spacial score (nSPS) is 17.1. The summed E-state index contributed by atoms with van der Waals surface area (Å²) in [5.74, 6) is -0.364. The fourth-order valence-electron chi connectivity index (χ4n) is 3.90. The number of likely N-dealkylation sites (tertiary alicyclic amines) is 1. The molecule has 1 aliphatic rings. The van der Waals surface area contributed by atoms with Gasteiger partial charge in [-0.25, -0.2) is 0 Å². The number of rotatable bonds is 11. The highest BCUT2D eigenvalue weighted by Crippen LogP contribution is 2.40. The van der Waals surface area contributed by atoms with Crippen LogP contribution in [0.1, 0.15) is 36.1 Å². The molecular weight excluding hydrogens is 434 g/mol. The molecule has 0 aliphatic carbocycles. The van der Waals surface area contributed by atoms with Gasteiger partial charge in [0.1, 0.15) is 23.9 Å². The Morgan fingerprint density at radius 1 is 1.15 bits per heavy atom. The minimum Gasteiger partial charge on any atom is -0.507 e. The molecule has 7 nitrogen and oxygen atoms in total. The summed E-state index contributed by atoms with van der Waals surface area (Å²) < 4.78 is 16.5. The molecule has 1 saturated heterocycles. The van der Waals surface area contributed by atoms with Gasteiger partial charge in [0, 0.05) is 19.2 Å². The lowest BCUT2D eigenvalue weighted by Gasteiger charge is -2.25. The van der Waals surface area contributed by atoms with Crippen molar-refractivity contribution in [2.45, 2.75) is 26.3 Å². The number of aliphatic hydroxyl groups is 1. The molecule has 2 aromatic carbocycles. The second-order valence-electron chi connectivity index (χ2n) is 7.99. The Balaban J connectivity index is 2.09. The van der Waals surface area contributed by atoms with E-state index in [1.165, 1.54) is 12.0 Å². The number of ether oxygens (including phenoxy) is 3. The van der Waals surface area contributed by atoms with Crippen molar-refractivity contribution in [3.63, 3.8) is 0 Å². The number of hydrogen-bond donors (Lipinski definition) is 1. The Bertz CT molecular complexity index is 1090. The molecule has 180 valence electrons. The first-order chi connectivity index (χ1) is 16.4. The largest absolute Gasteiger partial charge is 0.507 e. The molecule has 1 fully saturated rings. The van der Waals surface area contributed by atoms with Crippen molar-refractivity contribution in [2.24, 2.45) is 0 Å². The Hall–Kier alpha value is -3.58. The molecule has 1 unspecified atom stereocenters. The van der Waals surface area contributed by atoms with Crippen LogP contribution in [-0.4, -0.2) is 55.2 Å². The first-order valence-corrected chi connectivity index (χ1v) is 11.3. The Morgan fingerprint density at radius 3 is 2.62 bits per heavy atom. The molecule has 0 radical (unpaired) electrons. The molecule has 1 N–H and O–H groups in total. The lowest BCUT2D eigenvalue weighted by atomic mass is 9.94. The van der Waals surface area contributed by atoms with Gasteiger partial charge in [-0.1, -0.05) is 31.7 Å². The van der Waals surface area contributed by atoms with E-state index in [0.29, 0.717) is 35.8 Å². The molecule has 3 rings (SSSR count). The zero-order chi connectivity index (χ0) is 24.7. The van der Waals surface area contributed by atoms with E-state index in [-0.39, 0.29) is 24.5 Å². The number of aryl methyl sites for hydroxylation is 1. The van der Waals surface area contributed by atoms with E-state index in [9.17, 15) is 14.7 Å². The summed E-state index contributed by atoms with van der Waals surface area (Å²) in [7, 11) is 1.53. The Labute approximate surface area is 200 Å². The second kappa shape index (κ2) is 11.5. The molecule has 0 aromatic heterocycles. The molecule has 1 atom stereocenters. The number of carbonyl (C=O) groups excluding carboxylic acids is 2. The summed E-state index contributed by atoms with van der Waals surface area (Å²) in [6.45, 7) is 8.90.